The van der Waals surface area contributed by atoms with Gasteiger partial charge in [-0.1, -0.05) is 32.9 Å². The van der Waals surface area contributed by atoms with Crippen LogP contribution in [0, 0.1) is 51.2 Å². The Bertz CT molecular complexity index is 853. The molecular weight excluding hydrogens is 440 g/mol. The number of rotatable bonds is 5. The molecule has 0 unspecified atom stereocenters. The molecule has 3 N–H and O–H groups in total. The standard InChI is InChI=1S/C33H58N2O/c1-23(2)24-12-16-33(22-36)18-17-31(6)25(28(24)33)10-11-27-30(5)14-8-20-35(21-9-19-34)29(3,4)26(30)13-15-32(27,31)7/h24-28,36H,1,8-22,34H2,2-7H3/t24-,25+,26-,27+,28+,30-,31+,32+,33+/m0/s1. The molecule has 5 fully saturated rings. The van der Waals surface area contributed by atoms with Crippen molar-refractivity contribution in [2.75, 3.05) is 26.2 Å². The summed E-state index contributed by atoms with van der Waals surface area (Å²) in [5, 5.41) is 10.8. The summed E-state index contributed by atoms with van der Waals surface area (Å²) in [5.74, 6) is 3.56. The molecule has 0 aromatic carbocycles. The smallest absolute Gasteiger partial charge is 0.0490 e. The lowest BCUT2D eigenvalue weighted by Gasteiger charge is -2.71. The van der Waals surface area contributed by atoms with Crippen LogP contribution in [0.15, 0.2) is 12.2 Å². The van der Waals surface area contributed by atoms with E-state index >= 15 is 0 Å². The van der Waals surface area contributed by atoms with Gasteiger partial charge in [0.15, 0.2) is 0 Å². The molecule has 0 aromatic rings. The van der Waals surface area contributed by atoms with E-state index in [2.05, 4.69) is 53.0 Å². The molecule has 0 bridgehead atoms. The van der Waals surface area contributed by atoms with Crippen LogP contribution in [0.2, 0.25) is 0 Å². The van der Waals surface area contributed by atoms with E-state index < -0.39 is 0 Å². The molecule has 1 saturated heterocycles. The van der Waals surface area contributed by atoms with E-state index in [1.807, 2.05) is 0 Å². The lowest BCUT2D eigenvalue weighted by Crippen LogP contribution is -2.66. The van der Waals surface area contributed by atoms with Gasteiger partial charge in [0.1, 0.15) is 0 Å². The highest BCUT2D eigenvalue weighted by Crippen LogP contribution is 2.76. The third-order valence-electron chi connectivity index (χ3n) is 14.3. The first-order valence-electron chi connectivity index (χ1n) is 15.6. The molecule has 3 heteroatoms. The number of allylic oxidation sites excluding steroid dienone is 1. The van der Waals surface area contributed by atoms with E-state index in [0.29, 0.717) is 34.7 Å². The maximum Gasteiger partial charge on any atom is 0.0490 e. The maximum absolute atomic E-state index is 10.8. The van der Waals surface area contributed by atoms with E-state index in [1.165, 1.54) is 76.3 Å². The molecule has 4 aliphatic carbocycles. The SMILES string of the molecule is C=C(C)[C@@H]1CC[C@]2(CO)CC[C@]3(C)[C@H](CC[C@@H]4[C@@]5(C)CCCN(CCCN)C(C)(C)[C@@H]5CC[C@]43C)[C@@H]12. The minimum absolute atomic E-state index is 0.159. The van der Waals surface area contributed by atoms with Crippen molar-refractivity contribution in [3.8, 4) is 0 Å². The van der Waals surface area contributed by atoms with Gasteiger partial charge in [0.05, 0.1) is 0 Å². The molecule has 1 aliphatic heterocycles. The van der Waals surface area contributed by atoms with Crippen LogP contribution in [0.3, 0.4) is 0 Å². The zero-order valence-corrected chi connectivity index (χ0v) is 24.7. The van der Waals surface area contributed by atoms with Crippen LogP contribution in [-0.2, 0) is 0 Å². The first-order chi connectivity index (χ1) is 16.9. The lowest BCUT2D eigenvalue weighted by atomic mass is 9.33. The molecule has 9 atom stereocenters. The van der Waals surface area contributed by atoms with Crippen molar-refractivity contribution >= 4 is 0 Å². The Balaban J connectivity index is 1.51. The van der Waals surface area contributed by atoms with Crippen LogP contribution in [0.4, 0.5) is 0 Å². The Morgan fingerprint density at radius 1 is 0.917 bits per heavy atom. The zero-order valence-electron chi connectivity index (χ0n) is 24.7. The van der Waals surface area contributed by atoms with Gasteiger partial charge in [0.2, 0.25) is 0 Å². The molecule has 3 nitrogen and oxygen atoms in total. The summed E-state index contributed by atoms with van der Waals surface area (Å²) in [4.78, 5) is 2.82. The fraction of sp³-hybridized carbons (Fsp3) is 0.939. The highest BCUT2D eigenvalue weighted by atomic mass is 16.3. The van der Waals surface area contributed by atoms with Gasteiger partial charge in [-0.05, 0) is 162 Å². The quantitative estimate of drug-likeness (QED) is 0.400. The molecular formula is C33H58N2O. The van der Waals surface area contributed by atoms with E-state index in [0.717, 1.165) is 37.3 Å². The number of nitrogens with zero attached hydrogens (tertiary/aromatic N) is 1. The van der Waals surface area contributed by atoms with Crippen molar-refractivity contribution in [2.24, 2.45) is 57.0 Å². The van der Waals surface area contributed by atoms with Gasteiger partial charge in [-0.3, -0.25) is 4.90 Å². The summed E-state index contributed by atoms with van der Waals surface area (Å²) >= 11 is 0. The summed E-state index contributed by atoms with van der Waals surface area (Å²) < 4.78 is 0. The highest BCUT2D eigenvalue weighted by molar-refractivity contribution is 5.21. The molecule has 5 rings (SSSR count). The fourth-order valence-electron chi connectivity index (χ4n) is 12.3. The number of fused-ring (bicyclic) bond motifs is 7. The number of likely N-dealkylation sites (tertiary alicyclic amines) is 1. The average molecular weight is 499 g/mol. The van der Waals surface area contributed by atoms with Gasteiger partial charge >= 0.3 is 0 Å². The minimum atomic E-state index is 0.159. The Morgan fingerprint density at radius 3 is 2.33 bits per heavy atom. The van der Waals surface area contributed by atoms with E-state index in [9.17, 15) is 5.11 Å². The Morgan fingerprint density at radius 2 is 1.67 bits per heavy atom. The lowest BCUT2D eigenvalue weighted by molar-refractivity contribution is -0.229. The highest BCUT2D eigenvalue weighted by Gasteiger charge is 2.70. The second-order valence-electron chi connectivity index (χ2n) is 15.6. The summed E-state index contributed by atoms with van der Waals surface area (Å²) in [6.45, 7) is 23.7. The molecule has 206 valence electrons. The fourth-order valence-corrected chi connectivity index (χ4v) is 12.3. The van der Waals surface area contributed by atoms with Gasteiger partial charge in [-0.15, -0.1) is 0 Å². The Kier molecular flexibility index (Phi) is 6.87. The maximum atomic E-state index is 10.8. The molecule has 0 amide bonds. The number of aliphatic hydroxyl groups excluding tert-OH is 1. The Labute approximate surface area is 223 Å². The topological polar surface area (TPSA) is 49.5 Å². The predicted octanol–water partition coefficient (Wildman–Crippen LogP) is 7.04. The van der Waals surface area contributed by atoms with Crippen LogP contribution < -0.4 is 5.73 Å². The van der Waals surface area contributed by atoms with Crippen LogP contribution in [0.25, 0.3) is 0 Å². The zero-order chi connectivity index (χ0) is 26.1. The Hall–Kier alpha value is -0.380. The average Bonchev–Trinajstić information content (AvgIpc) is 3.18. The van der Waals surface area contributed by atoms with Gasteiger partial charge in [-0.2, -0.15) is 0 Å². The van der Waals surface area contributed by atoms with Crippen LogP contribution >= 0.6 is 0 Å². The molecule has 36 heavy (non-hydrogen) atoms. The molecule has 5 aliphatic rings. The summed E-state index contributed by atoms with van der Waals surface area (Å²) in [7, 11) is 0. The monoisotopic (exact) mass is 498 g/mol. The van der Waals surface area contributed by atoms with Crippen LogP contribution in [-0.4, -0.2) is 41.8 Å². The van der Waals surface area contributed by atoms with Gasteiger partial charge in [0, 0.05) is 12.1 Å². The van der Waals surface area contributed by atoms with Crippen LogP contribution in [0.1, 0.15) is 112 Å². The minimum Gasteiger partial charge on any atom is -0.396 e. The summed E-state index contributed by atoms with van der Waals surface area (Å²) in [5.41, 5.74) is 8.92. The van der Waals surface area contributed by atoms with Crippen molar-refractivity contribution < 1.29 is 5.11 Å². The van der Waals surface area contributed by atoms with Gasteiger partial charge in [-0.25, -0.2) is 0 Å². The largest absolute Gasteiger partial charge is 0.396 e. The predicted molar refractivity (Wildman–Crippen MR) is 152 cm³/mol. The normalized spacial score (nSPS) is 50.4. The first-order valence-corrected chi connectivity index (χ1v) is 15.6. The number of nitrogens with two attached hydrogens (primary N) is 1. The molecule has 4 saturated carbocycles. The van der Waals surface area contributed by atoms with Crippen molar-refractivity contribution in [2.45, 2.75) is 118 Å². The van der Waals surface area contributed by atoms with Gasteiger partial charge in [0.25, 0.3) is 0 Å². The van der Waals surface area contributed by atoms with Crippen molar-refractivity contribution in [3.05, 3.63) is 12.2 Å². The molecule has 0 aromatic heterocycles. The molecule has 1 heterocycles. The first kappa shape index (κ1) is 27.2. The molecule has 0 radical (unpaired) electrons. The van der Waals surface area contributed by atoms with E-state index in [4.69, 9.17) is 5.73 Å². The third kappa shape index (κ3) is 3.53. The van der Waals surface area contributed by atoms with Crippen molar-refractivity contribution in [1.29, 1.82) is 0 Å². The van der Waals surface area contributed by atoms with Crippen molar-refractivity contribution in [3.63, 3.8) is 0 Å². The van der Waals surface area contributed by atoms with Crippen molar-refractivity contribution in [1.82, 2.24) is 4.90 Å². The van der Waals surface area contributed by atoms with Crippen LogP contribution in [0.5, 0.6) is 0 Å². The van der Waals surface area contributed by atoms with Gasteiger partial charge < -0.3 is 10.8 Å². The summed E-state index contributed by atoms with van der Waals surface area (Å²) in [6.07, 6.45) is 14.4. The number of aliphatic hydroxyl groups is 1. The number of hydrogen-bond donors (Lipinski definition) is 2. The van der Waals surface area contributed by atoms with E-state index in [1.54, 1.807) is 0 Å². The molecule has 0 spiro atoms. The summed E-state index contributed by atoms with van der Waals surface area (Å²) in [6, 6.07) is 0. The third-order valence-corrected chi connectivity index (χ3v) is 14.3. The second-order valence-corrected chi connectivity index (χ2v) is 15.6. The van der Waals surface area contributed by atoms with E-state index in [-0.39, 0.29) is 11.0 Å². The second kappa shape index (κ2) is 9.09. The number of hydrogen-bond acceptors (Lipinski definition) is 3.